The van der Waals surface area contributed by atoms with E-state index in [9.17, 15) is 4.79 Å². The van der Waals surface area contributed by atoms with Gasteiger partial charge >= 0.3 is 5.97 Å². The molecule has 20 heavy (non-hydrogen) atoms. The second kappa shape index (κ2) is 7.22. The lowest BCUT2D eigenvalue weighted by Crippen LogP contribution is -2.20. The number of rotatable bonds is 6. The Hall–Kier alpha value is -1.65. The van der Waals surface area contributed by atoms with Gasteiger partial charge in [0.1, 0.15) is 0 Å². The molecule has 0 radical (unpaired) electrons. The van der Waals surface area contributed by atoms with Crippen LogP contribution in [-0.4, -0.2) is 40.8 Å². The van der Waals surface area contributed by atoms with Gasteiger partial charge in [0, 0.05) is 25.8 Å². The predicted octanol–water partition coefficient (Wildman–Crippen LogP) is 1.99. The number of carboxylic acid groups (broad SMARTS) is 1. The molecule has 1 aliphatic heterocycles. The van der Waals surface area contributed by atoms with Crippen molar-refractivity contribution in [3.63, 3.8) is 0 Å². The zero-order valence-corrected chi connectivity index (χ0v) is 11.5. The zero-order valence-electron chi connectivity index (χ0n) is 11.5. The van der Waals surface area contributed by atoms with Crippen LogP contribution in [0.4, 0.5) is 0 Å². The van der Waals surface area contributed by atoms with Gasteiger partial charge in [0.05, 0.1) is 0 Å². The van der Waals surface area contributed by atoms with Crippen LogP contribution < -0.4 is 0 Å². The Kier molecular flexibility index (Phi) is 5.32. The fourth-order valence-electron chi connectivity index (χ4n) is 2.72. The molecule has 1 aromatic rings. The van der Waals surface area contributed by atoms with Gasteiger partial charge in [-0.05, 0) is 42.5 Å². The summed E-state index contributed by atoms with van der Waals surface area (Å²) in [5.74, 6) is -0.342. The Bertz CT molecular complexity index is 484. The van der Waals surface area contributed by atoms with Crippen molar-refractivity contribution in [2.24, 2.45) is 5.92 Å². The molecule has 1 heterocycles. The largest absolute Gasteiger partial charge is 0.478 e. The van der Waals surface area contributed by atoms with Crippen molar-refractivity contribution in [2.45, 2.75) is 19.4 Å². The summed E-state index contributed by atoms with van der Waals surface area (Å²) in [5.41, 5.74) is 2.11. The lowest BCUT2D eigenvalue weighted by Gasteiger charge is -2.17. The molecule has 1 aliphatic rings. The summed E-state index contributed by atoms with van der Waals surface area (Å²) >= 11 is 0. The van der Waals surface area contributed by atoms with E-state index < -0.39 is 5.97 Å². The molecule has 1 atom stereocenters. The summed E-state index contributed by atoms with van der Waals surface area (Å²) in [6, 6.07) is 7.88. The smallest absolute Gasteiger partial charge is 0.328 e. The van der Waals surface area contributed by atoms with Crippen LogP contribution >= 0.6 is 0 Å². The van der Waals surface area contributed by atoms with Gasteiger partial charge in [0.25, 0.3) is 0 Å². The molecule has 2 N–H and O–H groups in total. The third-order valence-corrected chi connectivity index (χ3v) is 3.76. The molecule has 2 rings (SSSR count). The summed E-state index contributed by atoms with van der Waals surface area (Å²) in [6.45, 7) is 3.15. The Morgan fingerprint density at radius 1 is 1.40 bits per heavy atom. The summed E-state index contributed by atoms with van der Waals surface area (Å²) in [7, 11) is 0. The van der Waals surface area contributed by atoms with Crippen molar-refractivity contribution >= 4 is 12.0 Å². The minimum absolute atomic E-state index is 0.260. The molecule has 0 bridgehead atoms. The number of aliphatic hydroxyl groups excluding tert-OH is 1. The molecule has 0 aromatic heterocycles. The fourth-order valence-corrected chi connectivity index (χ4v) is 2.72. The van der Waals surface area contributed by atoms with Gasteiger partial charge in [-0.15, -0.1) is 0 Å². The van der Waals surface area contributed by atoms with Crippen LogP contribution in [-0.2, 0) is 11.3 Å². The normalized spacial score (nSPS) is 19.8. The van der Waals surface area contributed by atoms with E-state index >= 15 is 0 Å². The number of benzene rings is 1. The minimum atomic E-state index is -0.927. The lowest BCUT2D eigenvalue weighted by molar-refractivity contribution is -0.131. The molecular formula is C16H21NO3. The van der Waals surface area contributed by atoms with Gasteiger partial charge < -0.3 is 10.2 Å². The van der Waals surface area contributed by atoms with Crippen molar-refractivity contribution in [1.29, 1.82) is 0 Å². The number of hydrogen-bond acceptors (Lipinski definition) is 3. The molecule has 4 heteroatoms. The first-order valence-electron chi connectivity index (χ1n) is 7.01. The van der Waals surface area contributed by atoms with Gasteiger partial charge in [-0.1, -0.05) is 24.3 Å². The molecule has 1 aromatic carbocycles. The summed E-state index contributed by atoms with van der Waals surface area (Å²) in [4.78, 5) is 13.0. The summed E-state index contributed by atoms with van der Waals surface area (Å²) in [6.07, 6.45) is 4.83. The maximum absolute atomic E-state index is 10.6. The summed E-state index contributed by atoms with van der Waals surface area (Å²) in [5, 5.41) is 17.7. The first kappa shape index (κ1) is 14.8. The fraction of sp³-hybridized carbons (Fsp3) is 0.438. The second-order valence-corrected chi connectivity index (χ2v) is 5.27. The SMILES string of the molecule is O=C(O)/C=C/c1ccccc1CN1CCC(CCO)C1. The number of likely N-dealkylation sites (tertiary alicyclic amines) is 1. The number of aliphatic carboxylic acids is 1. The van der Waals surface area contributed by atoms with Crippen LogP contribution in [0.2, 0.25) is 0 Å². The number of hydrogen-bond donors (Lipinski definition) is 2. The molecule has 0 spiro atoms. The van der Waals surface area contributed by atoms with Crippen molar-refractivity contribution in [3.05, 3.63) is 41.5 Å². The highest BCUT2D eigenvalue weighted by Gasteiger charge is 2.22. The van der Waals surface area contributed by atoms with Crippen LogP contribution in [0, 0.1) is 5.92 Å². The molecular weight excluding hydrogens is 254 g/mol. The van der Waals surface area contributed by atoms with Gasteiger partial charge in [-0.25, -0.2) is 4.79 Å². The minimum Gasteiger partial charge on any atom is -0.478 e. The maximum Gasteiger partial charge on any atom is 0.328 e. The van der Waals surface area contributed by atoms with E-state index in [2.05, 4.69) is 4.90 Å². The van der Waals surface area contributed by atoms with Crippen molar-refractivity contribution < 1.29 is 15.0 Å². The van der Waals surface area contributed by atoms with E-state index in [1.54, 1.807) is 6.08 Å². The molecule has 0 saturated carbocycles. The monoisotopic (exact) mass is 275 g/mol. The number of carboxylic acids is 1. The third-order valence-electron chi connectivity index (χ3n) is 3.76. The molecule has 108 valence electrons. The van der Waals surface area contributed by atoms with Crippen LogP contribution in [0.25, 0.3) is 6.08 Å². The zero-order chi connectivity index (χ0) is 14.4. The second-order valence-electron chi connectivity index (χ2n) is 5.27. The number of carbonyl (C=O) groups is 1. The Morgan fingerprint density at radius 3 is 2.95 bits per heavy atom. The molecule has 0 amide bonds. The molecule has 0 aliphatic carbocycles. The van der Waals surface area contributed by atoms with Gasteiger partial charge in [-0.2, -0.15) is 0 Å². The highest BCUT2D eigenvalue weighted by molar-refractivity contribution is 5.85. The van der Waals surface area contributed by atoms with Crippen molar-refractivity contribution in [1.82, 2.24) is 4.90 Å². The van der Waals surface area contributed by atoms with Crippen molar-refractivity contribution in [3.8, 4) is 0 Å². The van der Waals surface area contributed by atoms with Crippen molar-refractivity contribution in [2.75, 3.05) is 19.7 Å². The third kappa shape index (κ3) is 4.18. The Morgan fingerprint density at radius 2 is 2.20 bits per heavy atom. The standard InChI is InChI=1S/C16H21NO3/c18-10-8-13-7-9-17(11-13)12-15-4-2-1-3-14(15)5-6-16(19)20/h1-6,13,18H,7-12H2,(H,19,20)/b6-5+. The first-order valence-corrected chi connectivity index (χ1v) is 7.01. The molecule has 1 unspecified atom stereocenters. The first-order chi connectivity index (χ1) is 9.69. The highest BCUT2D eigenvalue weighted by atomic mass is 16.4. The molecule has 1 fully saturated rings. The number of aliphatic hydroxyl groups is 1. The average molecular weight is 275 g/mol. The highest BCUT2D eigenvalue weighted by Crippen LogP contribution is 2.22. The van der Waals surface area contributed by atoms with Crippen LogP contribution in [0.3, 0.4) is 0 Å². The van der Waals surface area contributed by atoms with Crippen LogP contribution in [0.15, 0.2) is 30.3 Å². The Balaban J connectivity index is 2.01. The predicted molar refractivity (Wildman–Crippen MR) is 78.2 cm³/mol. The average Bonchev–Trinajstić information content (AvgIpc) is 2.85. The Labute approximate surface area is 119 Å². The molecule has 4 nitrogen and oxygen atoms in total. The maximum atomic E-state index is 10.6. The number of nitrogens with zero attached hydrogens (tertiary/aromatic N) is 1. The van der Waals surface area contributed by atoms with E-state index in [1.165, 1.54) is 6.08 Å². The van der Waals surface area contributed by atoms with E-state index in [4.69, 9.17) is 10.2 Å². The lowest BCUT2D eigenvalue weighted by atomic mass is 10.1. The van der Waals surface area contributed by atoms with Gasteiger partial charge in [-0.3, -0.25) is 4.90 Å². The van der Waals surface area contributed by atoms with E-state index in [-0.39, 0.29) is 6.61 Å². The van der Waals surface area contributed by atoms with Crippen LogP contribution in [0.5, 0.6) is 0 Å². The molecule has 1 saturated heterocycles. The van der Waals surface area contributed by atoms with E-state index in [1.807, 2.05) is 24.3 Å². The topological polar surface area (TPSA) is 60.8 Å². The van der Waals surface area contributed by atoms with Gasteiger partial charge in [0.15, 0.2) is 0 Å². The van der Waals surface area contributed by atoms with Gasteiger partial charge in [0.2, 0.25) is 0 Å². The quantitative estimate of drug-likeness (QED) is 0.779. The summed E-state index contributed by atoms with van der Waals surface area (Å²) < 4.78 is 0. The van der Waals surface area contributed by atoms with Crippen LogP contribution in [0.1, 0.15) is 24.0 Å². The van der Waals surface area contributed by atoms with E-state index in [0.717, 1.165) is 43.6 Å². The van der Waals surface area contributed by atoms with E-state index in [0.29, 0.717) is 5.92 Å².